The van der Waals surface area contributed by atoms with Gasteiger partial charge in [0.2, 0.25) is 5.95 Å². The molecule has 0 atom stereocenters. The van der Waals surface area contributed by atoms with Crippen LogP contribution in [0.15, 0.2) is 12.3 Å². The molecule has 0 saturated carbocycles. The fourth-order valence-electron chi connectivity index (χ4n) is 1.29. The molecule has 0 bridgehead atoms. The van der Waals surface area contributed by atoms with Crippen LogP contribution in [0.2, 0.25) is 0 Å². The SMILES string of the molecule is CCOc1cnc2c(N)nc(N)nc2c1. The van der Waals surface area contributed by atoms with E-state index in [1.54, 1.807) is 12.3 Å². The zero-order valence-corrected chi connectivity index (χ0v) is 8.27. The fraction of sp³-hybridized carbons (Fsp3) is 0.222. The third kappa shape index (κ3) is 1.74. The van der Waals surface area contributed by atoms with Gasteiger partial charge in [-0.1, -0.05) is 0 Å². The van der Waals surface area contributed by atoms with Gasteiger partial charge >= 0.3 is 0 Å². The van der Waals surface area contributed by atoms with Crippen molar-refractivity contribution in [2.75, 3.05) is 18.1 Å². The number of pyridine rings is 1. The summed E-state index contributed by atoms with van der Waals surface area (Å²) in [6.45, 7) is 2.47. The number of nitrogens with zero attached hydrogens (tertiary/aromatic N) is 3. The Morgan fingerprint density at radius 3 is 2.87 bits per heavy atom. The van der Waals surface area contributed by atoms with Crippen molar-refractivity contribution in [1.82, 2.24) is 15.0 Å². The number of hydrogen-bond donors (Lipinski definition) is 2. The van der Waals surface area contributed by atoms with Crippen LogP contribution in [-0.4, -0.2) is 21.6 Å². The average molecular weight is 205 g/mol. The molecule has 4 N–H and O–H groups in total. The van der Waals surface area contributed by atoms with Gasteiger partial charge in [0.15, 0.2) is 5.82 Å². The number of aromatic nitrogens is 3. The van der Waals surface area contributed by atoms with Crippen molar-refractivity contribution in [1.29, 1.82) is 0 Å². The second-order valence-electron chi connectivity index (χ2n) is 2.94. The summed E-state index contributed by atoms with van der Waals surface area (Å²) in [5, 5.41) is 0. The maximum Gasteiger partial charge on any atom is 0.222 e. The van der Waals surface area contributed by atoms with Gasteiger partial charge in [0.1, 0.15) is 16.8 Å². The van der Waals surface area contributed by atoms with Gasteiger partial charge in [-0.15, -0.1) is 0 Å². The van der Waals surface area contributed by atoms with Crippen LogP contribution in [0, 0.1) is 0 Å². The molecule has 2 aromatic rings. The molecule has 2 aromatic heterocycles. The molecule has 0 spiro atoms. The van der Waals surface area contributed by atoms with E-state index in [0.717, 1.165) is 0 Å². The van der Waals surface area contributed by atoms with E-state index in [1.807, 2.05) is 6.92 Å². The molecule has 6 heteroatoms. The number of nitrogen functional groups attached to an aromatic ring is 2. The molecule has 2 rings (SSSR count). The first-order valence-corrected chi connectivity index (χ1v) is 4.52. The third-order valence-corrected chi connectivity index (χ3v) is 1.87. The fourth-order valence-corrected chi connectivity index (χ4v) is 1.29. The van der Waals surface area contributed by atoms with Gasteiger partial charge in [-0.3, -0.25) is 0 Å². The second kappa shape index (κ2) is 3.56. The third-order valence-electron chi connectivity index (χ3n) is 1.87. The van der Waals surface area contributed by atoms with Crippen molar-refractivity contribution in [3.63, 3.8) is 0 Å². The molecule has 0 aliphatic rings. The van der Waals surface area contributed by atoms with Gasteiger partial charge in [-0.05, 0) is 6.92 Å². The summed E-state index contributed by atoms with van der Waals surface area (Å²) in [7, 11) is 0. The molecule has 0 saturated heterocycles. The van der Waals surface area contributed by atoms with Crippen molar-refractivity contribution >= 4 is 22.8 Å². The zero-order chi connectivity index (χ0) is 10.8. The largest absolute Gasteiger partial charge is 0.492 e. The number of hydrogen-bond acceptors (Lipinski definition) is 6. The molecule has 0 aliphatic carbocycles. The van der Waals surface area contributed by atoms with E-state index in [-0.39, 0.29) is 11.8 Å². The molecule has 0 fully saturated rings. The molecule has 0 amide bonds. The van der Waals surface area contributed by atoms with E-state index in [0.29, 0.717) is 23.4 Å². The Bertz CT molecular complexity index is 499. The lowest BCUT2D eigenvalue weighted by Crippen LogP contribution is -2.02. The van der Waals surface area contributed by atoms with E-state index in [2.05, 4.69) is 15.0 Å². The minimum absolute atomic E-state index is 0.135. The highest BCUT2D eigenvalue weighted by Crippen LogP contribution is 2.20. The number of nitrogens with two attached hydrogens (primary N) is 2. The van der Waals surface area contributed by atoms with Crippen LogP contribution in [0.5, 0.6) is 5.75 Å². The maximum absolute atomic E-state index is 5.65. The molecule has 0 aromatic carbocycles. The molecular weight excluding hydrogens is 194 g/mol. The normalized spacial score (nSPS) is 10.5. The molecule has 78 valence electrons. The number of anilines is 2. The first-order chi connectivity index (χ1) is 7.20. The Kier molecular flexibility index (Phi) is 2.24. The standard InChI is InChI=1S/C9H11N5O/c1-2-15-5-3-6-7(12-4-5)8(10)14-9(11)13-6/h3-4H,2H2,1H3,(H4,10,11,13,14). The summed E-state index contributed by atoms with van der Waals surface area (Å²) in [4.78, 5) is 12.0. The van der Waals surface area contributed by atoms with Gasteiger partial charge in [-0.25, -0.2) is 9.97 Å². The van der Waals surface area contributed by atoms with Crippen LogP contribution in [-0.2, 0) is 0 Å². The number of ether oxygens (including phenoxy) is 1. The van der Waals surface area contributed by atoms with Crippen molar-refractivity contribution in [3.8, 4) is 5.75 Å². The molecule has 15 heavy (non-hydrogen) atoms. The first kappa shape index (κ1) is 9.45. The van der Waals surface area contributed by atoms with Gasteiger partial charge in [0.05, 0.1) is 12.8 Å². The van der Waals surface area contributed by atoms with Crippen molar-refractivity contribution in [2.24, 2.45) is 0 Å². The molecule has 0 unspecified atom stereocenters. The summed E-state index contributed by atoms with van der Waals surface area (Å²) >= 11 is 0. The van der Waals surface area contributed by atoms with Crippen molar-refractivity contribution in [3.05, 3.63) is 12.3 Å². The van der Waals surface area contributed by atoms with Gasteiger partial charge in [-0.2, -0.15) is 4.98 Å². The zero-order valence-electron chi connectivity index (χ0n) is 8.27. The number of rotatable bonds is 2. The molecular formula is C9H11N5O. The van der Waals surface area contributed by atoms with Gasteiger partial charge in [0, 0.05) is 6.07 Å². The van der Waals surface area contributed by atoms with Crippen LogP contribution >= 0.6 is 0 Å². The highest BCUT2D eigenvalue weighted by atomic mass is 16.5. The lowest BCUT2D eigenvalue weighted by Gasteiger charge is -2.04. The summed E-state index contributed by atoms with van der Waals surface area (Å²) in [6, 6.07) is 1.74. The average Bonchev–Trinajstić information content (AvgIpc) is 2.17. The lowest BCUT2D eigenvalue weighted by molar-refractivity contribution is 0.339. The predicted molar refractivity (Wildman–Crippen MR) is 57.3 cm³/mol. The topological polar surface area (TPSA) is 99.9 Å². The Morgan fingerprint density at radius 2 is 2.13 bits per heavy atom. The van der Waals surface area contributed by atoms with E-state index in [4.69, 9.17) is 16.2 Å². The number of fused-ring (bicyclic) bond motifs is 1. The Labute approximate surface area is 86.3 Å². The highest BCUT2D eigenvalue weighted by Gasteiger charge is 2.05. The molecule has 0 radical (unpaired) electrons. The van der Waals surface area contributed by atoms with E-state index in [9.17, 15) is 0 Å². The van der Waals surface area contributed by atoms with E-state index < -0.39 is 0 Å². The highest BCUT2D eigenvalue weighted by molar-refractivity contribution is 5.85. The van der Waals surface area contributed by atoms with E-state index >= 15 is 0 Å². The van der Waals surface area contributed by atoms with Crippen LogP contribution in [0.4, 0.5) is 11.8 Å². The summed E-state index contributed by atoms with van der Waals surface area (Å²) in [6.07, 6.45) is 1.59. The summed E-state index contributed by atoms with van der Waals surface area (Å²) < 4.78 is 5.29. The van der Waals surface area contributed by atoms with Crippen LogP contribution in [0.3, 0.4) is 0 Å². The molecule has 0 aliphatic heterocycles. The monoisotopic (exact) mass is 205 g/mol. The Hall–Kier alpha value is -2.11. The van der Waals surface area contributed by atoms with E-state index in [1.165, 1.54) is 0 Å². The Morgan fingerprint density at radius 1 is 1.33 bits per heavy atom. The minimum atomic E-state index is 0.135. The summed E-state index contributed by atoms with van der Waals surface area (Å²) in [5.74, 6) is 1.05. The van der Waals surface area contributed by atoms with Crippen LogP contribution < -0.4 is 16.2 Å². The molecule has 6 nitrogen and oxygen atoms in total. The van der Waals surface area contributed by atoms with Crippen molar-refractivity contribution < 1.29 is 4.74 Å². The summed E-state index contributed by atoms with van der Waals surface area (Å²) in [5.41, 5.74) is 12.2. The molecule has 2 heterocycles. The maximum atomic E-state index is 5.65. The smallest absolute Gasteiger partial charge is 0.222 e. The van der Waals surface area contributed by atoms with Crippen molar-refractivity contribution in [2.45, 2.75) is 6.92 Å². The van der Waals surface area contributed by atoms with Gasteiger partial charge < -0.3 is 16.2 Å². The lowest BCUT2D eigenvalue weighted by atomic mass is 10.3. The minimum Gasteiger partial charge on any atom is -0.492 e. The first-order valence-electron chi connectivity index (χ1n) is 4.52. The van der Waals surface area contributed by atoms with Crippen LogP contribution in [0.1, 0.15) is 6.92 Å². The predicted octanol–water partition coefficient (Wildman–Crippen LogP) is 0.588. The van der Waals surface area contributed by atoms with Gasteiger partial charge in [0.25, 0.3) is 0 Å². The second-order valence-corrected chi connectivity index (χ2v) is 2.94. The Balaban J connectivity index is 2.60. The quantitative estimate of drug-likeness (QED) is 0.744. The van der Waals surface area contributed by atoms with Crippen LogP contribution in [0.25, 0.3) is 11.0 Å².